The minimum absolute atomic E-state index is 0.0177. The number of nitriles is 1. The van der Waals surface area contributed by atoms with Crippen LogP contribution in [-0.2, 0) is 16.6 Å². The second kappa shape index (κ2) is 6.12. The van der Waals surface area contributed by atoms with Crippen LogP contribution in [0.15, 0.2) is 35.2 Å². The number of benzene rings is 1. The molecule has 4 nitrogen and oxygen atoms in total. The molecule has 1 aromatic carbocycles. The van der Waals surface area contributed by atoms with Crippen LogP contribution in [0.3, 0.4) is 0 Å². The molecule has 0 radical (unpaired) electrons. The van der Waals surface area contributed by atoms with E-state index in [1.54, 1.807) is 12.1 Å². The van der Waals surface area contributed by atoms with Crippen LogP contribution in [0.4, 0.5) is 0 Å². The topological polar surface area (TPSA) is 70.0 Å². The van der Waals surface area contributed by atoms with Crippen molar-refractivity contribution in [2.75, 3.05) is 0 Å². The van der Waals surface area contributed by atoms with E-state index in [0.29, 0.717) is 4.34 Å². The van der Waals surface area contributed by atoms with Gasteiger partial charge in [-0.1, -0.05) is 23.2 Å². The Morgan fingerprint density at radius 1 is 1.25 bits per heavy atom. The van der Waals surface area contributed by atoms with Crippen molar-refractivity contribution in [3.05, 3.63) is 50.1 Å². The first-order valence-electron chi connectivity index (χ1n) is 5.36. The second-order valence-corrected chi connectivity index (χ2v) is 7.76. The highest BCUT2D eigenvalue weighted by Crippen LogP contribution is 2.23. The van der Waals surface area contributed by atoms with Gasteiger partial charge in [0.25, 0.3) is 0 Å². The van der Waals surface area contributed by atoms with Crippen LogP contribution in [-0.4, -0.2) is 8.42 Å². The maximum absolute atomic E-state index is 12.1. The van der Waals surface area contributed by atoms with Crippen LogP contribution in [0.2, 0.25) is 9.36 Å². The van der Waals surface area contributed by atoms with E-state index in [-0.39, 0.29) is 22.0 Å². The van der Waals surface area contributed by atoms with Crippen LogP contribution in [0.25, 0.3) is 0 Å². The quantitative estimate of drug-likeness (QED) is 0.921. The Labute approximate surface area is 130 Å². The molecule has 0 saturated heterocycles. The average Bonchev–Trinajstić information content (AvgIpc) is 2.82. The van der Waals surface area contributed by atoms with E-state index in [0.717, 1.165) is 4.88 Å². The predicted molar refractivity (Wildman–Crippen MR) is 79.5 cm³/mol. The fourth-order valence-corrected chi connectivity index (χ4v) is 3.89. The van der Waals surface area contributed by atoms with E-state index >= 15 is 0 Å². The molecule has 1 heterocycles. The molecule has 2 aromatic rings. The third kappa shape index (κ3) is 3.51. The Balaban J connectivity index is 2.18. The molecule has 0 aliphatic heterocycles. The van der Waals surface area contributed by atoms with E-state index in [1.165, 1.54) is 29.5 Å². The van der Waals surface area contributed by atoms with E-state index in [9.17, 15) is 8.42 Å². The Morgan fingerprint density at radius 2 is 2.00 bits per heavy atom. The third-order valence-electron chi connectivity index (χ3n) is 2.44. The second-order valence-electron chi connectivity index (χ2n) is 3.78. The molecule has 0 fully saturated rings. The molecule has 2 rings (SSSR count). The van der Waals surface area contributed by atoms with E-state index in [1.807, 2.05) is 6.07 Å². The number of hydrogen-bond acceptors (Lipinski definition) is 4. The molecular weight excluding hydrogens is 339 g/mol. The number of rotatable bonds is 4. The molecule has 1 N–H and O–H groups in total. The maximum atomic E-state index is 12.1. The molecule has 0 aliphatic carbocycles. The molecule has 8 heteroatoms. The fourth-order valence-electron chi connectivity index (χ4n) is 1.45. The van der Waals surface area contributed by atoms with Crippen LogP contribution in [0.5, 0.6) is 0 Å². The van der Waals surface area contributed by atoms with Crippen LogP contribution in [0, 0.1) is 11.3 Å². The molecule has 20 heavy (non-hydrogen) atoms. The van der Waals surface area contributed by atoms with E-state index in [2.05, 4.69) is 4.72 Å². The van der Waals surface area contributed by atoms with Crippen molar-refractivity contribution in [3.8, 4) is 6.07 Å². The summed E-state index contributed by atoms with van der Waals surface area (Å²) in [6.07, 6.45) is 0. The normalized spacial score (nSPS) is 11.2. The summed E-state index contributed by atoms with van der Waals surface area (Å²) in [4.78, 5) is 0.822. The minimum atomic E-state index is -3.68. The standard InChI is InChI=1S/C12H8Cl2N2O2S2/c13-11-5-10(3-1-8(11)6-15)20(17,18)16-7-9-2-4-12(14)19-9/h1-5,16H,7H2. The predicted octanol–water partition coefficient (Wildman–Crippen LogP) is 3.41. The van der Waals surface area contributed by atoms with Crippen molar-refractivity contribution < 1.29 is 8.42 Å². The molecule has 0 saturated carbocycles. The third-order valence-corrected chi connectivity index (χ3v) is 5.38. The Kier molecular flexibility index (Phi) is 4.68. The van der Waals surface area contributed by atoms with Gasteiger partial charge >= 0.3 is 0 Å². The van der Waals surface area contributed by atoms with Crippen LogP contribution >= 0.6 is 34.5 Å². The number of nitrogens with zero attached hydrogens (tertiary/aromatic N) is 1. The lowest BCUT2D eigenvalue weighted by Crippen LogP contribution is -2.22. The number of thiophene rings is 1. The molecule has 1 aromatic heterocycles. The van der Waals surface area contributed by atoms with Crippen molar-refractivity contribution in [1.82, 2.24) is 4.72 Å². The molecule has 0 bridgehead atoms. The molecular formula is C12H8Cl2N2O2S2. The summed E-state index contributed by atoms with van der Waals surface area (Å²) in [6, 6.07) is 9.30. The van der Waals surface area contributed by atoms with Gasteiger partial charge in [0.1, 0.15) is 6.07 Å². The zero-order valence-corrected chi connectivity index (χ0v) is 13.1. The zero-order chi connectivity index (χ0) is 14.8. The lowest BCUT2D eigenvalue weighted by Gasteiger charge is -2.06. The van der Waals surface area contributed by atoms with Crippen molar-refractivity contribution in [2.24, 2.45) is 0 Å². The van der Waals surface area contributed by atoms with Crippen molar-refractivity contribution in [3.63, 3.8) is 0 Å². The SMILES string of the molecule is N#Cc1ccc(S(=O)(=O)NCc2ccc(Cl)s2)cc1Cl. The van der Waals surface area contributed by atoms with Crippen LogP contribution in [0.1, 0.15) is 10.4 Å². The largest absolute Gasteiger partial charge is 0.240 e. The minimum Gasteiger partial charge on any atom is -0.207 e. The van der Waals surface area contributed by atoms with Gasteiger partial charge in [-0.05, 0) is 30.3 Å². The molecule has 0 spiro atoms. The van der Waals surface area contributed by atoms with Gasteiger partial charge in [0.05, 0.1) is 19.8 Å². The van der Waals surface area contributed by atoms with Crippen molar-refractivity contribution >= 4 is 44.6 Å². The zero-order valence-electron chi connectivity index (χ0n) is 9.93. The summed E-state index contributed by atoms with van der Waals surface area (Å²) in [7, 11) is -3.68. The maximum Gasteiger partial charge on any atom is 0.240 e. The lowest BCUT2D eigenvalue weighted by atomic mass is 10.2. The molecule has 0 aliphatic rings. The Hall–Kier alpha value is -1.10. The van der Waals surface area contributed by atoms with Gasteiger partial charge in [0, 0.05) is 11.4 Å². The van der Waals surface area contributed by atoms with Gasteiger partial charge in [-0.3, -0.25) is 0 Å². The Bertz CT molecular complexity index is 779. The fraction of sp³-hybridized carbons (Fsp3) is 0.0833. The van der Waals surface area contributed by atoms with Crippen molar-refractivity contribution in [2.45, 2.75) is 11.4 Å². The molecule has 0 amide bonds. The monoisotopic (exact) mass is 346 g/mol. The molecule has 0 atom stereocenters. The highest BCUT2D eigenvalue weighted by atomic mass is 35.5. The summed E-state index contributed by atoms with van der Waals surface area (Å²) in [5.74, 6) is 0. The first-order chi connectivity index (χ1) is 9.42. The number of sulfonamides is 1. The first kappa shape index (κ1) is 15.3. The number of nitrogens with one attached hydrogen (secondary N) is 1. The number of halogens is 2. The summed E-state index contributed by atoms with van der Waals surface area (Å²) in [5, 5.41) is 8.86. The summed E-state index contributed by atoms with van der Waals surface area (Å²) < 4.78 is 27.2. The van der Waals surface area contributed by atoms with Gasteiger partial charge in [0.2, 0.25) is 10.0 Å². The average molecular weight is 347 g/mol. The van der Waals surface area contributed by atoms with Gasteiger partial charge in [-0.2, -0.15) is 5.26 Å². The highest BCUT2D eigenvalue weighted by Gasteiger charge is 2.15. The number of hydrogen-bond donors (Lipinski definition) is 1. The van der Waals surface area contributed by atoms with Gasteiger partial charge in [-0.15, -0.1) is 11.3 Å². The van der Waals surface area contributed by atoms with E-state index < -0.39 is 10.0 Å². The Morgan fingerprint density at radius 3 is 2.55 bits per heavy atom. The van der Waals surface area contributed by atoms with Crippen molar-refractivity contribution in [1.29, 1.82) is 5.26 Å². The molecule has 104 valence electrons. The summed E-state index contributed by atoms with van der Waals surface area (Å²) in [6.45, 7) is 0.150. The van der Waals surface area contributed by atoms with Gasteiger partial charge in [0.15, 0.2) is 0 Å². The summed E-state index contributed by atoms with van der Waals surface area (Å²) in [5.41, 5.74) is 0.232. The summed E-state index contributed by atoms with van der Waals surface area (Å²) >= 11 is 12.9. The molecule has 0 unspecified atom stereocenters. The van der Waals surface area contributed by atoms with E-state index in [4.69, 9.17) is 28.5 Å². The van der Waals surface area contributed by atoms with Gasteiger partial charge < -0.3 is 0 Å². The van der Waals surface area contributed by atoms with Crippen LogP contribution < -0.4 is 4.72 Å². The smallest absolute Gasteiger partial charge is 0.207 e. The first-order valence-corrected chi connectivity index (χ1v) is 8.41. The van der Waals surface area contributed by atoms with Gasteiger partial charge in [-0.25, -0.2) is 13.1 Å². The highest BCUT2D eigenvalue weighted by molar-refractivity contribution is 7.89. The lowest BCUT2D eigenvalue weighted by molar-refractivity contribution is 0.582.